The Balaban J connectivity index is 1.14. The van der Waals surface area contributed by atoms with E-state index in [1.165, 1.54) is 132 Å². The second-order valence-electron chi connectivity index (χ2n) is 17.8. The average molecular weight is 821 g/mol. The van der Waals surface area contributed by atoms with Crippen molar-refractivity contribution in [1.29, 1.82) is 0 Å². The van der Waals surface area contributed by atoms with Crippen LogP contribution in [-0.2, 0) is 5.41 Å². The molecular weight excluding hydrogens is 781 g/mol. The van der Waals surface area contributed by atoms with Crippen LogP contribution in [0.3, 0.4) is 0 Å². The zero-order valence-corrected chi connectivity index (χ0v) is 35.6. The number of fused-ring (bicyclic) bond motifs is 14. The molecule has 0 heteroatoms. The van der Waals surface area contributed by atoms with Crippen LogP contribution in [0.5, 0.6) is 0 Å². The molecule has 0 saturated heterocycles. The number of hydrogen-bond donors (Lipinski definition) is 0. The maximum atomic E-state index is 2.60. The molecule has 0 aromatic heterocycles. The van der Waals surface area contributed by atoms with Crippen LogP contribution < -0.4 is 0 Å². The van der Waals surface area contributed by atoms with E-state index in [1.54, 1.807) is 0 Å². The van der Waals surface area contributed by atoms with E-state index in [0.717, 1.165) is 0 Å². The molecule has 2 aliphatic rings. The summed E-state index contributed by atoms with van der Waals surface area (Å²) in [5.74, 6) is 0. The van der Waals surface area contributed by atoms with Crippen molar-refractivity contribution in [3.63, 3.8) is 0 Å². The van der Waals surface area contributed by atoms with Gasteiger partial charge in [-0.05, 0) is 150 Å². The molecule has 12 aromatic carbocycles. The van der Waals surface area contributed by atoms with Crippen molar-refractivity contribution >= 4 is 43.1 Å². The fourth-order valence-electron chi connectivity index (χ4n) is 12.1. The first-order chi connectivity index (χ1) is 32.3. The summed E-state index contributed by atoms with van der Waals surface area (Å²) in [5, 5.41) is 10.1. The van der Waals surface area contributed by atoms with Gasteiger partial charge in [-0.25, -0.2) is 0 Å². The molecule has 14 rings (SSSR count). The molecule has 0 heterocycles. The third-order valence-corrected chi connectivity index (χ3v) is 14.6. The first-order valence-electron chi connectivity index (χ1n) is 22.8. The van der Waals surface area contributed by atoms with E-state index in [4.69, 9.17) is 0 Å². The molecule has 0 nitrogen and oxygen atoms in total. The molecule has 0 amide bonds. The topological polar surface area (TPSA) is 0 Å². The van der Waals surface area contributed by atoms with Crippen LogP contribution in [0.15, 0.2) is 243 Å². The van der Waals surface area contributed by atoms with Crippen molar-refractivity contribution in [3.05, 3.63) is 265 Å². The minimum atomic E-state index is -0.551. The Labute approximate surface area is 378 Å². The molecular formula is C65H40. The summed E-state index contributed by atoms with van der Waals surface area (Å²) >= 11 is 0. The summed E-state index contributed by atoms with van der Waals surface area (Å²) in [4.78, 5) is 0. The van der Waals surface area contributed by atoms with Crippen LogP contribution in [0.2, 0.25) is 0 Å². The fourth-order valence-corrected chi connectivity index (χ4v) is 12.1. The van der Waals surface area contributed by atoms with Crippen molar-refractivity contribution in [1.82, 2.24) is 0 Å². The van der Waals surface area contributed by atoms with Crippen molar-refractivity contribution in [2.75, 3.05) is 0 Å². The maximum Gasteiger partial charge on any atom is 0.0725 e. The molecule has 0 radical (unpaired) electrons. The number of benzene rings is 12. The highest BCUT2D eigenvalue weighted by Crippen LogP contribution is 2.64. The van der Waals surface area contributed by atoms with Gasteiger partial charge in [0.1, 0.15) is 0 Å². The normalized spacial score (nSPS) is 13.0. The molecule has 65 heavy (non-hydrogen) atoms. The molecule has 0 atom stereocenters. The second kappa shape index (κ2) is 13.8. The Hall–Kier alpha value is -8.32. The SMILES string of the molecule is c1ccc(-c2c3ccccc3c(-c3ccc4c(c3)C3(c5ccccc5-c5ccccc53)c3cc5c(-c6ccccc6)c6ccccc6c(-c6ccccc6)c5cc3-4)c3ccccc23)cc1. The highest BCUT2D eigenvalue weighted by molar-refractivity contribution is 6.24. The largest absolute Gasteiger partial charge is 0.0725 e. The predicted molar refractivity (Wildman–Crippen MR) is 275 cm³/mol. The molecule has 0 unspecified atom stereocenters. The van der Waals surface area contributed by atoms with Gasteiger partial charge in [0.25, 0.3) is 0 Å². The molecule has 0 fully saturated rings. The van der Waals surface area contributed by atoms with Crippen LogP contribution in [0.1, 0.15) is 22.3 Å². The first kappa shape index (κ1) is 36.2. The molecule has 0 saturated carbocycles. The minimum absolute atomic E-state index is 0.551. The lowest BCUT2D eigenvalue weighted by Crippen LogP contribution is -2.26. The van der Waals surface area contributed by atoms with Crippen molar-refractivity contribution in [2.24, 2.45) is 0 Å². The van der Waals surface area contributed by atoms with Gasteiger partial charge in [-0.1, -0.05) is 224 Å². The van der Waals surface area contributed by atoms with Gasteiger partial charge >= 0.3 is 0 Å². The van der Waals surface area contributed by atoms with Gasteiger partial charge in [0, 0.05) is 0 Å². The van der Waals surface area contributed by atoms with Crippen LogP contribution in [0.25, 0.3) is 110 Å². The zero-order valence-electron chi connectivity index (χ0n) is 35.6. The molecule has 0 bridgehead atoms. The molecule has 0 N–H and O–H groups in total. The second-order valence-corrected chi connectivity index (χ2v) is 17.8. The van der Waals surface area contributed by atoms with Gasteiger partial charge in [0.2, 0.25) is 0 Å². The van der Waals surface area contributed by atoms with Crippen molar-refractivity contribution in [3.8, 4) is 66.8 Å². The third kappa shape index (κ3) is 4.97. The minimum Gasteiger partial charge on any atom is -0.0622 e. The summed E-state index contributed by atoms with van der Waals surface area (Å²) < 4.78 is 0. The lowest BCUT2D eigenvalue weighted by molar-refractivity contribution is 0.795. The third-order valence-electron chi connectivity index (χ3n) is 14.6. The highest BCUT2D eigenvalue weighted by Gasteiger charge is 2.52. The van der Waals surface area contributed by atoms with E-state index in [0.29, 0.717) is 0 Å². The lowest BCUT2D eigenvalue weighted by Gasteiger charge is -2.31. The summed E-state index contributed by atoms with van der Waals surface area (Å²) in [5.41, 5.74) is 20.1. The Morgan fingerprint density at radius 1 is 0.185 bits per heavy atom. The van der Waals surface area contributed by atoms with Crippen LogP contribution in [0, 0.1) is 0 Å². The fraction of sp³-hybridized carbons (Fsp3) is 0.0154. The molecule has 1 spiro atoms. The summed E-state index contributed by atoms with van der Waals surface area (Å²) in [6.07, 6.45) is 0. The standard InChI is InChI=1S/C65H40/c1-4-20-41(21-5-1)61-48-28-10-14-32-52(48)64(53-33-15-11-29-49(53)61)44-36-37-47-54-39-55-56(40-60(54)65(59(47)38-44)57-34-18-16-26-45(57)46-27-17-19-35-58(46)65)63(43-24-8-3-9-25-43)51-31-13-12-30-50(51)62(55)42-22-6-2-7-23-42/h1-40H. The van der Waals surface area contributed by atoms with Gasteiger partial charge in [0.05, 0.1) is 5.41 Å². The van der Waals surface area contributed by atoms with E-state index in [1.807, 2.05) is 0 Å². The lowest BCUT2D eigenvalue weighted by atomic mass is 9.69. The zero-order chi connectivity index (χ0) is 42.6. The van der Waals surface area contributed by atoms with Crippen LogP contribution in [-0.4, -0.2) is 0 Å². The first-order valence-corrected chi connectivity index (χ1v) is 22.8. The molecule has 2 aliphatic carbocycles. The Kier molecular flexibility index (Phi) is 7.71. The molecule has 300 valence electrons. The van der Waals surface area contributed by atoms with Crippen molar-refractivity contribution < 1.29 is 0 Å². The summed E-state index contributed by atoms with van der Waals surface area (Å²) in [6, 6.07) is 91.1. The highest BCUT2D eigenvalue weighted by atomic mass is 14.5. The number of rotatable bonds is 4. The summed E-state index contributed by atoms with van der Waals surface area (Å²) in [7, 11) is 0. The molecule has 0 aliphatic heterocycles. The predicted octanol–water partition coefficient (Wildman–Crippen LogP) is 17.3. The van der Waals surface area contributed by atoms with E-state index < -0.39 is 5.41 Å². The Morgan fingerprint density at radius 3 is 0.954 bits per heavy atom. The quantitative estimate of drug-likeness (QED) is 0.155. The number of hydrogen-bond acceptors (Lipinski definition) is 0. The summed E-state index contributed by atoms with van der Waals surface area (Å²) in [6.45, 7) is 0. The van der Waals surface area contributed by atoms with E-state index in [2.05, 4.69) is 243 Å². The van der Waals surface area contributed by atoms with Crippen LogP contribution in [0.4, 0.5) is 0 Å². The van der Waals surface area contributed by atoms with Gasteiger partial charge in [0.15, 0.2) is 0 Å². The van der Waals surface area contributed by atoms with E-state index in [9.17, 15) is 0 Å². The monoisotopic (exact) mass is 820 g/mol. The maximum absolute atomic E-state index is 2.60. The molecule has 12 aromatic rings. The Bertz CT molecular complexity index is 3810. The van der Waals surface area contributed by atoms with Gasteiger partial charge in [-0.15, -0.1) is 0 Å². The van der Waals surface area contributed by atoms with Crippen LogP contribution >= 0.6 is 0 Å². The van der Waals surface area contributed by atoms with E-state index in [-0.39, 0.29) is 0 Å². The smallest absolute Gasteiger partial charge is 0.0622 e. The van der Waals surface area contributed by atoms with Gasteiger partial charge in [-0.3, -0.25) is 0 Å². The Morgan fingerprint density at radius 2 is 0.508 bits per heavy atom. The van der Waals surface area contributed by atoms with Gasteiger partial charge < -0.3 is 0 Å². The average Bonchev–Trinajstić information content (AvgIpc) is 3.83. The van der Waals surface area contributed by atoms with Gasteiger partial charge in [-0.2, -0.15) is 0 Å². The van der Waals surface area contributed by atoms with E-state index >= 15 is 0 Å². The van der Waals surface area contributed by atoms with Crippen molar-refractivity contribution in [2.45, 2.75) is 5.41 Å².